The van der Waals surface area contributed by atoms with Crippen molar-refractivity contribution in [3.05, 3.63) is 29.3 Å². The summed E-state index contributed by atoms with van der Waals surface area (Å²) in [5, 5.41) is 22.9. The zero-order valence-corrected chi connectivity index (χ0v) is 10.2. The van der Waals surface area contributed by atoms with E-state index in [0.717, 1.165) is 17.5 Å². The Morgan fingerprint density at radius 3 is 3.11 bits per heavy atom. The quantitative estimate of drug-likeness (QED) is 0.475. The van der Waals surface area contributed by atoms with E-state index >= 15 is 0 Å². The fourth-order valence-corrected chi connectivity index (χ4v) is 2.04. The van der Waals surface area contributed by atoms with E-state index < -0.39 is 0 Å². The summed E-state index contributed by atoms with van der Waals surface area (Å²) in [6.07, 6.45) is 1.39. The molecule has 2 N–H and O–H groups in total. The molecule has 98 valence electrons. The van der Waals surface area contributed by atoms with Gasteiger partial charge in [0.25, 0.3) is 5.91 Å². The Morgan fingerprint density at radius 1 is 1.53 bits per heavy atom. The van der Waals surface area contributed by atoms with Crippen LogP contribution in [0.25, 0.3) is 0 Å². The molecular weight excluding hydrogens is 246 g/mol. The molecule has 0 aromatic heterocycles. The SMILES string of the molecule is N#CCNC(=O)COc1cccc2c1CCC2=NO. The van der Waals surface area contributed by atoms with Gasteiger partial charge in [0.2, 0.25) is 0 Å². The molecule has 0 unspecified atom stereocenters. The van der Waals surface area contributed by atoms with Gasteiger partial charge in [-0.05, 0) is 18.9 Å². The second-order valence-electron chi connectivity index (χ2n) is 4.05. The van der Waals surface area contributed by atoms with Crippen molar-refractivity contribution in [3.8, 4) is 11.8 Å². The van der Waals surface area contributed by atoms with Crippen LogP contribution < -0.4 is 10.1 Å². The summed E-state index contributed by atoms with van der Waals surface area (Å²) < 4.78 is 5.44. The van der Waals surface area contributed by atoms with E-state index in [1.165, 1.54) is 0 Å². The molecule has 0 bridgehead atoms. The molecule has 1 amide bonds. The molecule has 0 saturated heterocycles. The molecule has 0 radical (unpaired) electrons. The summed E-state index contributed by atoms with van der Waals surface area (Å²) in [4.78, 5) is 11.3. The Hall–Kier alpha value is -2.55. The second kappa shape index (κ2) is 5.87. The summed E-state index contributed by atoms with van der Waals surface area (Å²) in [7, 11) is 0. The number of hydrogen-bond acceptors (Lipinski definition) is 5. The molecule has 0 fully saturated rings. The minimum Gasteiger partial charge on any atom is -0.483 e. The molecule has 1 aromatic rings. The van der Waals surface area contributed by atoms with Crippen LogP contribution in [0.5, 0.6) is 5.75 Å². The first-order chi connectivity index (χ1) is 9.26. The Kier molecular flexibility index (Phi) is 3.98. The van der Waals surface area contributed by atoms with Crippen LogP contribution in [0.4, 0.5) is 0 Å². The lowest BCUT2D eigenvalue weighted by Crippen LogP contribution is -2.29. The van der Waals surface area contributed by atoms with E-state index in [2.05, 4.69) is 10.5 Å². The molecule has 1 aromatic carbocycles. The van der Waals surface area contributed by atoms with Crippen molar-refractivity contribution in [1.82, 2.24) is 5.32 Å². The van der Waals surface area contributed by atoms with E-state index in [-0.39, 0.29) is 19.1 Å². The topological polar surface area (TPSA) is 94.7 Å². The highest BCUT2D eigenvalue weighted by atomic mass is 16.5. The van der Waals surface area contributed by atoms with Gasteiger partial charge in [0.1, 0.15) is 12.3 Å². The summed E-state index contributed by atoms with van der Waals surface area (Å²) in [6.45, 7) is -0.167. The number of benzene rings is 1. The molecule has 0 atom stereocenters. The van der Waals surface area contributed by atoms with Crippen LogP contribution in [0.3, 0.4) is 0 Å². The molecule has 2 rings (SSSR count). The Bertz CT molecular complexity index is 561. The van der Waals surface area contributed by atoms with Gasteiger partial charge in [0.05, 0.1) is 11.8 Å². The number of carbonyl (C=O) groups is 1. The number of carbonyl (C=O) groups excluding carboxylic acids is 1. The maximum atomic E-state index is 11.3. The predicted molar refractivity (Wildman–Crippen MR) is 67.2 cm³/mol. The van der Waals surface area contributed by atoms with Gasteiger partial charge in [0.15, 0.2) is 6.61 Å². The Morgan fingerprint density at radius 2 is 2.37 bits per heavy atom. The van der Waals surface area contributed by atoms with Crippen molar-refractivity contribution in [3.63, 3.8) is 0 Å². The van der Waals surface area contributed by atoms with E-state index in [0.29, 0.717) is 17.9 Å². The van der Waals surface area contributed by atoms with Gasteiger partial charge in [-0.3, -0.25) is 4.79 Å². The standard InChI is InChI=1S/C13H13N3O3/c14-6-7-15-13(17)8-19-12-3-1-2-9-10(12)4-5-11(9)16-18/h1-3,18H,4-5,7-8H2,(H,15,17). The van der Waals surface area contributed by atoms with Crippen molar-refractivity contribution in [1.29, 1.82) is 5.26 Å². The van der Waals surface area contributed by atoms with Crippen LogP contribution in [-0.2, 0) is 11.2 Å². The smallest absolute Gasteiger partial charge is 0.258 e. The van der Waals surface area contributed by atoms with Crippen molar-refractivity contribution < 1.29 is 14.7 Å². The number of ether oxygens (including phenoxy) is 1. The van der Waals surface area contributed by atoms with E-state index in [9.17, 15) is 4.79 Å². The van der Waals surface area contributed by atoms with E-state index in [4.69, 9.17) is 15.2 Å². The zero-order chi connectivity index (χ0) is 13.7. The molecule has 0 saturated carbocycles. The first kappa shape index (κ1) is 12.9. The van der Waals surface area contributed by atoms with Gasteiger partial charge >= 0.3 is 0 Å². The van der Waals surface area contributed by atoms with Crippen LogP contribution in [-0.4, -0.2) is 30.0 Å². The van der Waals surface area contributed by atoms with Crippen LogP contribution in [0.15, 0.2) is 23.4 Å². The Balaban J connectivity index is 2.05. The van der Waals surface area contributed by atoms with E-state index in [1.807, 2.05) is 12.1 Å². The fraction of sp³-hybridized carbons (Fsp3) is 0.308. The largest absolute Gasteiger partial charge is 0.483 e. The fourth-order valence-electron chi connectivity index (χ4n) is 2.04. The second-order valence-corrected chi connectivity index (χ2v) is 4.05. The van der Waals surface area contributed by atoms with Crippen LogP contribution in [0.2, 0.25) is 0 Å². The Labute approximate surface area is 110 Å². The van der Waals surface area contributed by atoms with Crippen LogP contribution >= 0.6 is 0 Å². The summed E-state index contributed by atoms with van der Waals surface area (Å²) in [5.74, 6) is 0.274. The molecular formula is C13H13N3O3. The third kappa shape index (κ3) is 2.83. The van der Waals surface area contributed by atoms with Crippen molar-refractivity contribution in [2.75, 3.05) is 13.2 Å². The van der Waals surface area contributed by atoms with Gasteiger partial charge in [0, 0.05) is 11.1 Å². The highest BCUT2D eigenvalue weighted by Crippen LogP contribution is 2.30. The molecule has 6 nitrogen and oxygen atoms in total. The maximum absolute atomic E-state index is 11.3. The first-order valence-electron chi connectivity index (χ1n) is 5.86. The predicted octanol–water partition coefficient (Wildman–Crippen LogP) is 0.830. The van der Waals surface area contributed by atoms with Gasteiger partial charge < -0.3 is 15.3 Å². The van der Waals surface area contributed by atoms with Crippen LogP contribution in [0.1, 0.15) is 17.5 Å². The lowest BCUT2D eigenvalue weighted by molar-refractivity contribution is -0.122. The summed E-state index contributed by atoms with van der Waals surface area (Å²) in [5.41, 5.74) is 2.44. The maximum Gasteiger partial charge on any atom is 0.258 e. The summed E-state index contributed by atoms with van der Waals surface area (Å²) in [6, 6.07) is 7.25. The van der Waals surface area contributed by atoms with E-state index in [1.54, 1.807) is 12.1 Å². The highest BCUT2D eigenvalue weighted by molar-refractivity contribution is 6.04. The zero-order valence-electron chi connectivity index (χ0n) is 10.2. The van der Waals surface area contributed by atoms with Gasteiger partial charge in [-0.2, -0.15) is 5.26 Å². The molecule has 19 heavy (non-hydrogen) atoms. The molecule has 1 aliphatic carbocycles. The first-order valence-corrected chi connectivity index (χ1v) is 5.86. The number of nitrogens with zero attached hydrogens (tertiary/aromatic N) is 2. The number of hydrogen-bond donors (Lipinski definition) is 2. The number of fused-ring (bicyclic) bond motifs is 1. The van der Waals surface area contributed by atoms with Crippen molar-refractivity contribution >= 4 is 11.6 Å². The molecule has 0 aliphatic heterocycles. The van der Waals surface area contributed by atoms with Crippen LogP contribution in [0, 0.1) is 11.3 Å². The monoisotopic (exact) mass is 259 g/mol. The van der Waals surface area contributed by atoms with Crippen molar-refractivity contribution in [2.45, 2.75) is 12.8 Å². The third-order valence-corrected chi connectivity index (χ3v) is 2.90. The number of rotatable bonds is 4. The number of nitriles is 1. The third-order valence-electron chi connectivity index (χ3n) is 2.90. The number of oxime groups is 1. The number of nitrogens with one attached hydrogen (secondary N) is 1. The minimum absolute atomic E-state index is 0.0313. The van der Waals surface area contributed by atoms with Gasteiger partial charge in [-0.25, -0.2) is 0 Å². The average Bonchev–Trinajstić information content (AvgIpc) is 2.86. The molecule has 6 heteroatoms. The molecule has 0 spiro atoms. The number of amides is 1. The van der Waals surface area contributed by atoms with Crippen molar-refractivity contribution in [2.24, 2.45) is 5.16 Å². The van der Waals surface area contributed by atoms with Gasteiger partial charge in [-0.15, -0.1) is 0 Å². The van der Waals surface area contributed by atoms with Gasteiger partial charge in [-0.1, -0.05) is 17.3 Å². The normalized spacial score (nSPS) is 14.8. The highest BCUT2D eigenvalue weighted by Gasteiger charge is 2.21. The molecule has 0 heterocycles. The minimum atomic E-state index is -0.340. The molecule has 1 aliphatic rings. The average molecular weight is 259 g/mol. The summed E-state index contributed by atoms with van der Waals surface area (Å²) >= 11 is 0. The lowest BCUT2D eigenvalue weighted by Gasteiger charge is -2.09. The lowest BCUT2D eigenvalue weighted by atomic mass is 10.1.